The fourth-order valence-corrected chi connectivity index (χ4v) is 2.07. The monoisotopic (exact) mass is 423 g/mol. The van der Waals surface area contributed by atoms with Crippen LogP contribution in [0.5, 0.6) is 5.88 Å². The topological polar surface area (TPSA) is 48.4 Å². The number of pyridine rings is 1. The van der Waals surface area contributed by atoms with Gasteiger partial charge in [0, 0.05) is 0 Å². The number of halogens is 5. The maximum atomic E-state index is 12.3. The van der Waals surface area contributed by atoms with Crippen molar-refractivity contribution in [1.82, 2.24) is 4.98 Å². The zero-order valence-corrected chi connectivity index (χ0v) is 13.2. The molecule has 0 amide bonds. The van der Waals surface area contributed by atoms with Crippen LogP contribution in [0.3, 0.4) is 0 Å². The Morgan fingerprint density at radius 3 is 2.65 bits per heavy atom. The molecule has 112 valence electrons. The van der Waals surface area contributed by atoms with E-state index in [2.05, 4.69) is 9.72 Å². The van der Waals surface area contributed by atoms with E-state index in [9.17, 15) is 18.0 Å². The number of rotatable bonds is 5. The lowest BCUT2D eigenvalue weighted by atomic mass is 10.1. The smallest absolute Gasteiger partial charge is 0.466 e. The highest BCUT2D eigenvalue weighted by atomic mass is 127. The van der Waals surface area contributed by atoms with Crippen LogP contribution in [-0.2, 0) is 21.8 Å². The first kappa shape index (κ1) is 17.3. The molecular weight excluding hydrogens is 413 g/mol. The molecule has 1 rings (SSSR count). The Balaban J connectivity index is 3.10. The minimum Gasteiger partial charge on any atom is -0.466 e. The molecular formula is C11H10ClF3INO3. The average molecular weight is 424 g/mol. The minimum absolute atomic E-state index is 0.0963. The summed E-state index contributed by atoms with van der Waals surface area (Å²) in [5.41, 5.74) is 0.514. The van der Waals surface area contributed by atoms with E-state index in [1.54, 1.807) is 29.5 Å². The molecule has 0 aliphatic rings. The van der Waals surface area contributed by atoms with Gasteiger partial charge in [-0.2, -0.15) is 0 Å². The number of alkyl halides is 4. The predicted molar refractivity (Wildman–Crippen MR) is 73.5 cm³/mol. The molecule has 9 heteroatoms. The summed E-state index contributed by atoms with van der Waals surface area (Å²) in [6, 6.07) is 1.45. The average Bonchev–Trinajstić information content (AvgIpc) is 2.32. The number of esters is 1. The first-order valence-electron chi connectivity index (χ1n) is 5.42. The highest BCUT2D eigenvalue weighted by Gasteiger charge is 2.33. The second kappa shape index (κ2) is 7.30. The molecule has 4 nitrogen and oxygen atoms in total. The second-order valence-corrected chi connectivity index (χ2v) is 4.90. The van der Waals surface area contributed by atoms with Gasteiger partial charge in [-0.25, -0.2) is 4.98 Å². The van der Waals surface area contributed by atoms with Crippen molar-refractivity contribution in [1.29, 1.82) is 0 Å². The molecule has 0 bridgehead atoms. The van der Waals surface area contributed by atoms with Crippen LogP contribution in [0.15, 0.2) is 6.07 Å². The molecule has 0 fully saturated rings. The zero-order valence-electron chi connectivity index (χ0n) is 10.3. The van der Waals surface area contributed by atoms with E-state index in [-0.39, 0.29) is 28.2 Å². The van der Waals surface area contributed by atoms with Gasteiger partial charge >= 0.3 is 12.3 Å². The Morgan fingerprint density at radius 1 is 1.50 bits per heavy atom. The Bertz CT molecular complexity index is 497. The zero-order chi connectivity index (χ0) is 15.3. The third kappa shape index (κ3) is 5.31. The van der Waals surface area contributed by atoms with Crippen molar-refractivity contribution in [2.75, 3.05) is 6.61 Å². The van der Waals surface area contributed by atoms with Crippen molar-refractivity contribution in [2.24, 2.45) is 0 Å². The summed E-state index contributed by atoms with van der Waals surface area (Å²) < 4.78 is 45.5. The van der Waals surface area contributed by atoms with Gasteiger partial charge in [-0.3, -0.25) is 4.79 Å². The summed E-state index contributed by atoms with van der Waals surface area (Å²) >= 11 is 7.21. The summed E-state index contributed by atoms with van der Waals surface area (Å²) in [5.74, 6) is -1.26. The Labute approximate surface area is 131 Å². The SMILES string of the molecule is CCOC(=O)Cc1cc(CCl)nc(OC(F)(F)F)c1I. The number of hydrogen-bond donors (Lipinski definition) is 0. The van der Waals surface area contributed by atoms with Crippen molar-refractivity contribution >= 4 is 40.2 Å². The van der Waals surface area contributed by atoms with Crippen molar-refractivity contribution in [2.45, 2.75) is 25.6 Å². The van der Waals surface area contributed by atoms with Crippen LogP contribution in [-0.4, -0.2) is 23.9 Å². The molecule has 0 saturated carbocycles. The van der Waals surface area contributed by atoms with Gasteiger partial charge in [0.1, 0.15) is 0 Å². The largest absolute Gasteiger partial charge is 0.574 e. The van der Waals surface area contributed by atoms with Gasteiger partial charge in [-0.15, -0.1) is 24.8 Å². The summed E-state index contributed by atoms with van der Waals surface area (Å²) in [7, 11) is 0. The molecule has 0 radical (unpaired) electrons. The first-order chi connectivity index (χ1) is 9.26. The quantitative estimate of drug-likeness (QED) is 0.414. The second-order valence-electron chi connectivity index (χ2n) is 3.56. The van der Waals surface area contributed by atoms with E-state index in [0.717, 1.165) is 0 Å². The number of carbonyl (C=O) groups is 1. The molecule has 0 spiro atoms. The molecule has 0 N–H and O–H groups in total. The first-order valence-corrected chi connectivity index (χ1v) is 7.03. The minimum atomic E-state index is -4.86. The van der Waals surface area contributed by atoms with Gasteiger partial charge in [-0.1, -0.05) is 0 Å². The van der Waals surface area contributed by atoms with Crippen LogP contribution >= 0.6 is 34.2 Å². The third-order valence-electron chi connectivity index (χ3n) is 2.05. The molecule has 0 aliphatic carbocycles. The standard InChI is InChI=1S/C11H10ClF3INO3/c1-2-19-8(18)4-6-3-7(5-12)17-10(9(6)16)20-11(13,14)15/h3H,2,4-5H2,1H3. The van der Waals surface area contributed by atoms with Crippen LogP contribution in [0, 0.1) is 3.57 Å². The van der Waals surface area contributed by atoms with E-state index in [4.69, 9.17) is 16.3 Å². The molecule has 0 unspecified atom stereocenters. The van der Waals surface area contributed by atoms with Crippen LogP contribution in [0.1, 0.15) is 18.2 Å². The third-order valence-corrected chi connectivity index (χ3v) is 3.47. The number of carbonyl (C=O) groups excluding carboxylic acids is 1. The fraction of sp³-hybridized carbons (Fsp3) is 0.455. The van der Waals surface area contributed by atoms with Crippen LogP contribution in [0.2, 0.25) is 0 Å². The van der Waals surface area contributed by atoms with Gasteiger partial charge in [0.25, 0.3) is 0 Å². The maximum absolute atomic E-state index is 12.3. The normalized spacial score (nSPS) is 11.3. The highest BCUT2D eigenvalue weighted by molar-refractivity contribution is 14.1. The van der Waals surface area contributed by atoms with Gasteiger partial charge < -0.3 is 9.47 Å². The lowest BCUT2D eigenvalue weighted by Gasteiger charge is -2.13. The van der Waals surface area contributed by atoms with E-state index < -0.39 is 18.2 Å². The van der Waals surface area contributed by atoms with Gasteiger partial charge in [0.2, 0.25) is 5.88 Å². The summed E-state index contributed by atoms with van der Waals surface area (Å²) in [4.78, 5) is 15.1. The predicted octanol–water partition coefficient (Wildman–Crippen LogP) is 3.43. The van der Waals surface area contributed by atoms with Gasteiger partial charge in [0.15, 0.2) is 0 Å². The van der Waals surface area contributed by atoms with Crippen molar-refractivity contribution in [3.05, 3.63) is 20.9 Å². The molecule has 0 saturated heterocycles. The van der Waals surface area contributed by atoms with Crippen LogP contribution in [0.4, 0.5) is 13.2 Å². The van der Waals surface area contributed by atoms with Crippen LogP contribution in [0.25, 0.3) is 0 Å². The van der Waals surface area contributed by atoms with Crippen molar-refractivity contribution in [3.8, 4) is 5.88 Å². The van der Waals surface area contributed by atoms with E-state index in [0.29, 0.717) is 5.56 Å². The van der Waals surface area contributed by atoms with Crippen LogP contribution < -0.4 is 4.74 Å². The van der Waals surface area contributed by atoms with E-state index in [1.807, 2.05) is 0 Å². The molecule has 1 heterocycles. The number of ether oxygens (including phenoxy) is 2. The Hall–Kier alpha value is -0.770. The maximum Gasteiger partial charge on any atom is 0.574 e. The number of hydrogen-bond acceptors (Lipinski definition) is 4. The summed E-state index contributed by atoms with van der Waals surface area (Å²) in [6.07, 6.45) is -5.04. The van der Waals surface area contributed by atoms with E-state index >= 15 is 0 Å². The van der Waals surface area contributed by atoms with E-state index in [1.165, 1.54) is 6.07 Å². The lowest BCUT2D eigenvalue weighted by molar-refractivity contribution is -0.276. The number of nitrogens with zero attached hydrogens (tertiary/aromatic N) is 1. The van der Waals surface area contributed by atoms with Gasteiger partial charge in [0.05, 0.1) is 28.2 Å². The molecule has 20 heavy (non-hydrogen) atoms. The summed E-state index contributed by atoms with van der Waals surface area (Å²) in [5, 5.41) is 0. The van der Waals surface area contributed by atoms with Crippen molar-refractivity contribution in [3.63, 3.8) is 0 Å². The Morgan fingerprint density at radius 2 is 2.15 bits per heavy atom. The summed E-state index contributed by atoms with van der Waals surface area (Å²) in [6.45, 7) is 1.83. The highest BCUT2D eigenvalue weighted by Crippen LogP contribution is 2.29. The Kier molecular flexibility index (Phi) is 6.31. The molecule has 0 aromatic carbocycles. The fourth-order valence-electron chi connectivity index (χ4n) is 1.36. The van der Waals surface area contributed by atoms with Gasteiger partial charge in [-0.05, 0) is 41.1 Å². The molecule has 0 aliphatic heterocycles. The van der Waals surface area contributed by atoms with Crippen molar-refractivity contribution < 1.29 is 27.4 Å². The number of aromatic nitrogens is 1. The molecule has 1 aromatic rings. The molecule has 0 atom stereocenters. The molecule has 1 aromatic heterocycles. The lowest BCUT2D eigenvalue weighted by Crippen LogP contribution is -2.20.